The molecule has 1 saturated heterocycles. The number of H-pyrrole nitrogens is 1. The third kappa shape index (κ3) is 3.58. The predicted molar refractivity (Wildman–Crippen MR) is 90.2 cm³/mol. The fourth-order valence-corrected chi connectivity index (χ4v) is 3.35. The minimum atomic E-state index is -0.193. The molecule has 128 valence electrons. The number of aromatic nitrogens is 2. The van der Waals surface area contributed by atoms with Gasteiger partial charge in [-0.2, -0.15) is 5.10 Å². The number of halogens is 1. The van der Waals surface area contributed by atoms with Crippen LogP contribution in [-0.4, -0.2) is 34.2 Å². The number of carbonyl (C=O) groups excluding carboxylic acids is 1. The van der Waals surface area contributed by atoms with Crippen LogP contribution in [0.2, 0.25) is 0 Å². The molecule has 5 nitrogen and oxygen atoms in total. The van der Waals surface area contributed by atoms with Crippen LogP contribution in [0.15, 0.2) is 30.6 Å². The number of nitrogens with one attached hydrogen (secondary N) is 2. The highest BCUT2D eigenvalue weighted by Crippen LogP contribution is 2.30. The van der Waals surface area contributed by atoms with Gasteiger partial charge in [0.05, 0.1) is 12.2 Å². The van der Waals surface area contributed by atoms with Crippen LogP contribution in [0, 0.1) is 12.7 Å². The Morgan fingerprint density at radius 2 is 2.17 bits per heavy atom. The van der Waals surface area contributed by atoms with E-state index in [9.17, 15) is 9.18 Å². The lowest BCUT2D eigenvalue weighted by Crippen LogP contribution is -2.44. The van der Waals surface area contributed by atoms with Crippen molar-refractivity contribution in [3.05, 3.63) is 53.1 Å². The summed E-state index contributed by atoms with van der Waals surface area (Å²) in [5.74, 6) is 0.197. The maximum absolute atomic E-state index is 13.3. The van der Waals surface area contributed by atoms with Gasteiger partial charge in [0.25, 0.3) is 0 Å². The maximum Gasteiger partial charge on any atom is 0.317 e. The van der Waals surface area contributed by atoms with Crippen LogP contribution in [0.5, 0.6) is 0 Å². The molecule has 24 heavy (non-hydrogen) atoms. The van der Waals surface area contributed by atoms with Crippen molar-refractivity contribution in [3.63, 3.8) is 0 Å². The van der Waals surface area contributed by atoms with E-state index in [4.69, 9.17) is 0 Å². The largest absolute Gasteiger partial charge is 0.331 e. The Kier molecular flexibility index (Phi) is 4.83. The van der Waals surface area contributed by atoms with E-state index in [2.05, 4.69) is 15.5 Å². The number of piperidine rings is 1. The minimum Gasteiger partial charge on any atom is -0.331 e. The van der Waals surface area contributed by atoms with Crippen LogP contribution < -0.4 is 5.32 Å². The van der Waals surface area contributed by atoms with E-state index in [1.807, 2.05) is 24.8 Å². The highest BCUT2D eigenvalue weighted by molar-refractivity contribution is 5.74. The number of nitrogens with zero attached hydrogens (tertiary/aromatic N) is 2. The Morgan fingerprint density at radius 1 is 1.42 bits per heavy atom. The summed E-state index contributed by atoms with van der Waals surface area (Å²) < 4.78 is 13.3. The fraction of sp³-hybridized carbons (Fsp3) is 0.444. The maximum atomic E-state index is 13.3. The molecule has 2 amide bonds. The smallest absolute Gasteiger partial charge is 0.317 e. The van der Waals surface area contributed by atoms with Crippen molar-refractivity contribution in [2.24, 2.45) is 0 Å². The Hall–Kier alpha value is -2.37. The van der Waals surface area contributed by atoms with Crippen molar-refractivity contribution in [2.75, 3.05) is 13.1 Å². The van der Waals surface area contributed by atoms with E-state index >= 15 is 0 Å². The van der Waals surface area contributed by atoms with Gasteiger partial charge < -0.3 is 10.2 Å². The Labute approximate surface area is 141 Å². The summed E-state index contributed by atoms with van der Waals surface area (Å²) in [5.41, 5.74) is 3.15. The molecule has 2 N–H and O–H groups in total. The SMILES string of the molecule is Cc1cc(F)ccc1C1CCN(C(=O)N[C@H](C)c2cn[nH]c2)CC1. The molecular weight excluding hydrogens is 307 g/mol. The molecule has 6 heteroatoms. The van der Waals surface area contributed by atoms with Crippen molar-refractivity contribution < 1.29 is 9.18 Å². The molecule has 0 aliphatic carbocycles. The molecule has 1 aliphatic rings. The molecule has 2 aromatic rings. The summed E-state index contributed by atoms with van der Waals surface area (Å²) in [4.78, 5) is 14.2. The van der Waals surface area contributed by atoms with Crippen LogP contribution in [-0.2, 0) is 0 Å². The lowest BCUT2D eigenvalue weighted by Gasteiger charge is -2.33. The van der Waals surface area contributed by atoms with Gasteiger partial charge in [0.1, 0.15) is 5.82 Å². The number of hydrogen-bond donors (Lipinski definition) is 2. The number of amides is 2. The number of likely N-dealkylation sites (tertiary alicyclic amines) is 1. The highest BCUT2D eigenvalue weighted by Gasteiger charge is 2.25. The summed E-state index contributed by atoms with van der Waals surface area (Å²) in [6.45, 7) is 5.32. The standard InChI is InChI=1S/C18H23FN4O/c1-12-9-16(19)3-4-17(12)14-5-7-23(8-6-14)18(24)22-13(2)15-10-20-21-11-15/h3-4,9-11,13-14H,5-8H2,1-2H3,(H,20,21)(H,22,24)/t13-/m1/s1. The van der Waals surface area contributed by atoms with E-state index in [1.165, 1.54) is 11.6 Å². The zero-order chi connectivity index (χ0) is 17.1. The Morgan fingerprint density at radius 3 is 2.79 bits per heavy atom. The van der Waals surface area contributed by atoms with Crippen molar-refractivity contribution >= 4 is 6.03 Å². The van der Waals surface area contributed by atoms with E-state index in [-0.39, 0.29) is 17.9 Å². The second-order valence-corrected chi connectivity index (χ2v) is 6.47. The molecule has 0 saturated carbocycles. The van der Waals surface area contributed by atoms with Crippen LogP contribution in [0.1, 0.15) is 48.4 Å². The molecule has 0 radical (unpaired) electrons. The summed E-state index contributed by atoms with van der Waals surface area (Å²) in [6.07, 6.45) is 5.31. The van der Waals surface area contributed by atoms with E-state index in [0.29, 0.717) is 19.0 Å². The molecule has 0 spiro atoms. The molecule has 0 bridgehead atoms. The van der Waals surface area contributed by atoms with E-state index < -0.39 is 0 Å². The molecule has 1 aromatic carbocycles. The van der Waals surface area contributed by atoms with Crippen LogP contribution in [0.3, 0.4) is 0 Å². The van der Waals surface area contributed by atoms with Gasteiger partial charge in [-0.1, -0.05) is 6.07 Å². The van der Waals surface area contributed by atoms with Gasteiger partial charge in [0.2, 0.25) is 0 Å². The van der Waals surface area contributed by atoms with Crippen molar-refractivity contribution in [1.29, 1.82) is 0 Å². The van der Waals surface area contributed by atoms with Crippen molar-refractivity contribution in [2.45, 2.75) is 38.6 Å². The second kappa shape index (κ2) is 7.03. The molecule has 3 rings (SSSR count). The topological polar surface area (TPSA) is 61.0 Å². The second-order valence-electron chi connectivity index (χ2n) is 6.47. The van der Waals surface area contributed by atoms with Crippen LogP contribution in [0.4, 0.5) is 9.18 Å². The molecule has 2 heterocycles. The normalized spacial score (nSPS) is 16.9. The van der Waals surface area contributed by atoms with E-state index in [0.717, 1.165) is 24.0 Å². The number of aryl methyl sites for hydroxylation is 1. The van der Waals surface area contributed by atoms with Crippen molar-refractivity contribution in [1.82, 2.24) is 20.4 Å². The van der Waals surface area contributed by atoms with Gasteiger partial charge in [-0.05, 0) is 55.9 Å². The first-order valence-electron chi connectivity index (χ1n) is 8.34. The molecule has 1 fully saturated rings. The molecule has 0 unspecified atom stereocenters. The van der Waals surface area contributed by atoms with Gasteiger partial charge in [-0.3, -0.25) is 5.10 Å². The quantitative estimate of drug-likeness (QED) is 0.905. The highest BCUT2D eigenvalue weighted by atomic mass is 19.1. The van der Waals surface area contributed by atoms with Crippen LogP contribution >= 0.6 is 0 Å². The summed E-state index contributed by atoms with van der Waals surface area (Å²) in [5, 5.41) is 9.66. The average Bonchev–Trinajstić information content (AvgIpc) is 3.09. The molecule has 1 atom stereocenters. The van der Waals surface area contributed by atoms with Crippen LogP contribution in [0.25, 0.3) is 0 Å². The number of urea groups is 1. The molecule has 1 aromatic heterocycles. The van der Waals surface area contributed by atoms with E-state index in [1.54, 1.807) is 18.5 Å². The molecular formula is C18H23FN4O. The number of rotatable bonds is 3. The first-order chi connectivity index (χ1) is 11.5. The van der Waals surface area contributed by atoms with Gasteiger partial charge in [0.15, 0.2) is 0 Å². The first-order valence-corrected chi connectivity index (χ1v) is 8.34. The third-order valence-corrected chi connectivity index (χ3v) is 4.81. The lowest BCUT2D eigenvalue weighted by molar-refractivity contribution is 0.178. The predicted octanol–water partition coefficient (Wildman–Crippen LogP) is 3.51. The zero-order valence-electron chi connectivity index (χ0n) is 14.1. The summed E-state index contributed by atoms with van der Waals surface area (Å²) in [6, 6.07) is 4.87. The Bertz CT molecular complexity index is 693. The minimum absolute atomic E-state index is 0.0435. The first kappa shape index (κ1) is 16.5. The summed E-state index contributed by atoms with van der Waals surface area (Å²) in [7, 11) is 0. The number of benzene rings is 1. The van der Waals surface area contributed by atoms with Gasteiger partial charge >= 0.3 is 6.03 Å². The van der Waals surface area contributed by atoms with Crippen molar-refractivity contribution in [3.8, 4) is 0 Å². The Balaban J connectivity index is 1.55. The number of aromatic amines is 1. The fourth-order valence-electron chi connectivity index (χ4n) is 3.35. The monoisotopic (exact) mass is 330 g/mol. The molecule has 1 aliphatic heterocycles. The van der Waals surface area contributed by atoms with Gasteiger partial charge in [-0.25, -0.2) is 9.18 Å². The zero-order valence-corrected chi connectivity index (χ0v) is 14.1. The number of carbonyl (C=O) groups is 1. The lowest BCUT2D eigenvalue weighted by atomic mass is 9.87. The average molecular weight is 330 g/mol. The van der Waals surface area contributed by atoms with Gasteiger partial charge in [-0.15, -0.1) is 0 Å². The summed E-state index contributed by atoms with van der Waals surface area (Å²) >= 11 is 0. The number of hydrogen-bond acceptors (Lipinski definition) is 2. The third-order valence-electron chi connectivity index (χ3n) is 4.81. The van der Waals surface area contributed by atoms with Gasteiger partial charge in [0, 0.05) is 24.8 Å².